The van der Waals surface area contributed by atoms with E-state index in [0.717, 1.165) is 0 Å². The fourth-order valence-corrected chi connectivity index (χ4v) is 2.80. The average Bonchev–Trinajstić information content (AvgIpc) is 3.30. The van der Waals surface area contributed by atoms with Crippen LogP contribution in [0.3, 0.4) is 0 Å². The van der Waals surface area contributed by atoms with E-state index in [4.69, 9.17) is 4.74 Å². The van der Waals surface area contributed by atoms with Crippen molar-refractivity contribution in [2.75, 3.05) is 5.32 Å². The van der Waals surface area contributed by atoms with Crippen LogP contribution in [0.15, 0.2) is 73.3 Å². The number of nitro benzene ring substituents is 1. The molecule has 0 spiro atoms. The molecule has 0 atom stereocenters. The number of aryl methyl sites for hydroxylation is 1. The SMILES string of the molecule is Cc1nc(Oc2ccc(NC(=O)c3cccc([N+](=O)[O-])c3)cc2)cc(-n2ccnc2)n1. The number of anilines is 1. The molecule has 2 heterocycles. The number of nitrogens with one attached hydrogen (secondary N) is 1. The lowest BCUT2D eigenvalue weighted by molar-refractivity contribution is -0.384. The molecule has 2 aromatic carbocycles. The maximum Gasteiger partial charge on any atom is 0.270 e. The summed E-state index contributed by atoms with van der Waals surface area (Å²) >= 11 is 0. The van der Waals surface area contributed by atoms with Crippen LogP contribution in [-0.4, -0.2) is 30.3 Å². The van der Waals surface area contributed by atoms with Gasteiger partial charge in [-0.3, -0.25) is 19.5 Å². The lowest BCUT2D eigenvalue weighted by atomic mass is 10.2. The molecule has 4 rings (SSSR count). The number of hydrogen-bond acceptors (Lipinski definition) is 7. The molecule has 1 N–H and O–H groups in total. The summed E-state index contributed by atoms with van der Waals surface area (Å²) in [7, 11) is 0. The van der Waals surface area contributed by atoms with Crippen molar-refractivity contribution in [3.63, 3.8) is 0 Å². The van der Waals surface area contributed by atoms with Gasteiger partial charge in [-0.15, -0.1) is 0 Å². The highest BCUT2D eigenvalue weighted by Gasteiger charge is 2.12. The second-order valence-electron chi connectivity index (χ2n) is 6.47. The van der Waals surface area contributed by atoms with Crippen molar-refractivity contribution in [2.45, 2.75) is 6.92 Å². The number of amides is 1. The van der Waals surface area contributed by atoms with Crippen molar-refractivity contribution in [1.29, 1.82) is 0 Å². The molecular formula is C21H16N6O4. The highest BCUT2D eigenvalue weighted by molar-refractivity contribution is 6.04. The van der Waals surface area contributed by atoms with Crippen molar-refractivity contribution < 1.29 is 14.5 Å². The summed E-state index contributed by atoms with van der Waals surface area (Å²) in [5.41, 5.74) is 0.562. The van der Waals surface area contributed by atoms with Gasteiger partial charge in [-0.1, -0.05) is 6.07 Å². The lowest BCUT2D eigenvalue weighted by Crippen LogP contribution is -2.12. The van der Waals surface area contributed by atoms with E-state index in [-0.39, 0.29) is 11.3 Å². The zero-order chi connectivity index (χ0) is 21.8. The van der Waals surface area contributed by atoms with Crippen LogP contribution in [0.1, 0.15) is 16.2 Å². The van der Waals surface area contributed by atoms with Gasteiger partial charge in [0.25, 0.3) is 11.6 Å². The number of non-ortho nitro benzene ring substituents is 1. The summed E-state index contributed by atoms with van der Waals surface area (Å²) in [6.45, 7) is 1.76. The van der Waals surface area contributed by atoms with Gasteiger partial charge < -0.3 is 10.1 Å². The number of aromatic nitrogens is 4. The first kappa shape index (κ1) is 19.7. The minimum atomic E-state index is -0.546. The van der Waals surface area contributed by atoms with Crippen molar-refractivity contribution in [3.05, 3.63) is 94.8 Å². The number of ether oxygens (including phenoxy) is 1. The predicted molar refractivity (Wildman–Crippen MR) is 111 cm³/mol. The zero-order valence-electron chi connectivity index (χ0n) is 16.3. The number of nitrogens with zero attached hydrogens (tertiary/aromatic N) is 5. The standard InChI is InChI=1S/C21H16N6O4/c1-14-23-19(26-10-9-22-13-26)12-20(24-14)31-18-7-5-16(6-8-18)25-21(28)15-3-2-4-17(11-15)27(29)30/h2-13H,1H3,(H,25,28). The van der Waals surface area contributed by atoms with Crippen molar-refractivity contribution in [2.24, 2.45) is 0 Å². The normalized spacial score (nSPS) is 10.5. The number of carbonyl (C=O) groups is 1. The third kappa shape index (κ3) is 4.70. The van der Waals surface area contributed by atoms with Gasteiger partial charge in [-0.2, -0.15) is 4.98 Å². The van der Waals surface area contributed by atoms with E-state index in [9.17, 15) is 14.9 Å². The number of benzene rings is 2. The fourth-order valence-electron chi connectivity index (χ4n) is 2.80. The maximum absolute atomic E-state index is 12.4. The third-order valence-corrected chi connectivity index (χ3v) is 4.22. The Hall–Kier alpha value is -4.60. The molecule has 31 heavy (non-hydrogen) atoms. The topological polar surface area (TPSA) is 125 Å². The summed E-state index contributed by atoms with van der Waals surface area (Å²) in [6.07, 6.45) is 5.05. The van der Waals surface area contributed by atoms with Gasteiger partial charge in [0.05, 0.1) is 4.92 Å². The Morgan fingerprint density at radius 1 is 1.13 bits per heavy atom. The molecule has 10 nitrogen and oxygen atoms in total. The van der Waals surface area contributed by atoms with E-state index in [0.29, 0.717) is 29.0 Å². The van der Waals surface area contributed by atoms with Crippen LogP contribution >= 0.6 is 0 Å². The molecule has 0 aliphatic carbocycles. The molecule has 0 bridgehead atoms. The largest absolute Gasteiger partial charge is 0.439 e. The molecule has 154 valence electrons. The highest BCUT2D eigenvalue weighted by Crippen LogP contribution is 2.23. The average molecular weight is 416 g/mol. The molecule has 10 heteroatoms. The van der Waals surface area contributed by atoms with E-state index in [1.165, 1.54) is 24.3 Å². The summed E-state index contributed by atoms with van der Waals surface area (Å²) in [6, 6.07) is 13.9. The van der Waals surface area contributed by atoms with Crippen LogP contribution in [-0.2, 0) is 0 Å². The van der Waals surface area contributed by atoms with Crippen molar-refractivity contribution in [1.82, 2.24) is 19.5 Å². The Kier molecular flexibility index (Phi) is 5.35. The zero-order valence-corrected chi connectivity index (χ0v) is 16.3. The molecule has 0 radical (unpaired) electrons. The molecule has 1 amide bonds. The van der Waals surface area contributed by atoms with Crippen LogP contribution < -0.4 is 10.1 Å². The van der Waals surface area contributed by atoms with Gasteiger partial charge in [0.1, 0.15) is 23.7 Å². The van der Waals surface area contributed by atoms with E-state index in [1.807, 2.05) is 0 Å². The summed E-state index contributed by atoms with van der Waals surface area (Å²) in [5, 5.41) is 13.6. The first-order valence-electron chi connectivity index (χ1n) is 9.16. The monoisotopic (exact) mass is 416 g/mol. The van der Waals surface area contributed by atoms with E-state index in [2.05, 4.69) is 20.3 Å². The summed E-state index contributed by atoms with van der Waals surface area (Å²) < 4.78 is 7.56. The highest BCUT2D eigenvalue weighted by atomic mass is 16.6. The Morgan fingerprint density at radius 3 is 2.65 bits per heavy atom. The summed E-state index contributed by atoms with van der Waals surface area (Å²) in [4.78, 5) is 35.3. The first-order valence-corrected chi connectivity index (χ1v) is 9.16. The lowest BCUT2D eigenvalue weighted by Gasteiger charge is -2.09. The number of imidazole rings is 1. The smallest absolute Gasteiger partial charge is 0.270 e. The molecule has 0 saturated heterocycles. The minimum absolute atomic E-state index is 0.147. The van der Waals surface area contributed by atoms with Gasteiger partial charge in [0.2, 0.25) is 5.88 Å². The van der Waals surface area contributed by atoms with Gasteiger partial charge in [0.15, 0.2) is 0 Å². The molecule has 2 aromatic heterocycles. The molecule has 0 aliphatic heterocycles. The maximum atomic E-state index is 12.4. The quantitative estimate of drug-likeness (QED) is 0.373. The number of hydrogen-bond donors (Lipinski definition) is 1. The number of carbonyl (C=O) groups excluding carboxylic acids is 1. The predicted octanol–water partition coefficient (Wildman–Crippen LogP) is 3.92. The Morgan fingerprint density at radius 2 is 1.94 bits per heavy atom. The van der Waals surface area contributed by atoms with Crippen molar-refractivity contribution in [3.8, 4) is 17.4 Å². The van der Waals surface area contributed by atoms with Gasteiger partial charge in [0, 0.05) is 41.8 Å². The Labute approximate surface area is 176 Å². The fraction of sp³-hybridized carbons (Fsp3) is 0.0476. The second-order valence-corrected chi connectivity index (χ2v) is 6.47. The number of nitro groups is 1. The van der Waals surface area contributed by atoms with Crippen LogP contribution in [0.2, 0.25) is 0 Å². The first-order chi connectivity index (χ1) is 15.0. The molecule has 0 fully saturated rings. The Balaban J connectivity index is 1.46. The van der Waals surface area contributed by atoms with Gasteiger partial charge >= 0.3 is 0 Å². The molecule has 0 aliphatic rings. The second kappa shape index (κ2) is 8.41. The van der Waals surface area contributed by atoms with Gasteiger partial charge in [-0.25, -0.2) is 9.97 Å². The van der Waals surface area contributed by atoms with Crippen LogP contribution in [0.25, 0.3) is 5.82 Å². The molecule has 0 unspecified atom stereocenters. The molecule has 4 aromatic rings. The molecular weight excluding hydrogens is 400 g/mol. The van der Waals surface area contributed by atoms with E-state index >= 15 is 0 Å². The Bertz CT molecular complexity index is 1240. The van der Waals surface area contributed by atoms with Crippen LogP contribution in [0, 0.1) is 17.0 Å². The van der Waals surface area contributed by atoms with E-state index < -0.39 is 10.8 Å². The molecule has 0 saturated carbocycles. The number of rotatable bonds is 6. The summed E-state index contributed by atoms with van der Waals surface area (Å²) in [5.74, 6) is 1.60. The van der Waals surface area contributed by atoms with Crippen LogP contribution in [0.4, 0.5) is 11.4 Å². The van der Waals surface area contributed by atoms with Crippen LogP contribution in [0.5, 0.6) is 11.6 Å². The minimum Gasteiger partial charge on any atom is -0.439 e. The van der Waals surface area contributed by atoms with E-state index in [1.54, 1.807) is 60.5 Å². The van der Waals surface area contributed by atoms with Crippen molar-refractivity contribution >= 4 is 17.3 Å². The third-order valence-electron chi connectivity index (χ3n) is 4.22. The van der Waals surface area contributed by atoms with Gasteiger partial charge in [-0.05, 0) is 37.3 Å².